The van der Waals surface area contributed by atoms with Gasteiger partial charge in [-0.05, 0) is 23.8 Å². The van der Waals surface area contributed by atoms with Gasteiger partial charge in [-0.25, -0.2) is 0 Å². The van der Waals surface area contributed by atoms with Gasteiger partial charge in [0.15, 0.2) is 11.5 Å². The summed E-state index contributed by atoms with van der Waals surface area (Å²) in [5, 5.41) is 0. The Bertz CT molecular complexity index is 838. The van der Waals surface area contributed by atoms with Crippen LogP contribution in [0.3, 0.4) is 0 Å². The highest BCUT2D eigenvalue weighted by atomic mass is 16.5. The zero-order valence-corrected chi connectivity index (χ0v) is 16.4. The third-order valence-corrected chi connectivity index (χ3v) is 4.01. The van der Waals surface area contributed by atoms with Crippen molar-refractivity contribution in [3.8, 4) is 11.5 Å². The Kier molecular flexibility index (Phi) is 8.50. The lowest BCUT2D eigenvalue weighted by atomic mass is 10.2. The molecule has 8 heteroatoms. The van der Waals surface area contributed by atoms with Crippen molar-refractivity contribution in [1.29, 1.82) is 0 Å². The van der Waals surface area contributed by atoms with Gasteiger partial charge in [-0.1, -0.05) is 30.3 Å². The van der Waals surface area contributed by atoms with Gasteiger partial charge < -0.3 is 14.2 Å². The van der Waals surface area contributed by atoms with Gasteiger partial charge in [-0.2, -0.15) is 0 Å². The summed E-state index contributed by atoms with van der Waals surface area (Å²) in [5.74, 6) is -0.616. The van der Waals surface area contributed by atoms with Gasteiger partial charge in [0.25, 0.3) is 5.91 Å². The van der Waals surface area contributed by atoms with Crippen LogP contribution in [-0.2, 0) is 20.7 Å². The summed E-state index contributed by atoms with van der Waals surface area (Å²) in [6, 6.07) is 14.2. The molecule has 0 saturated heterocycles. The van der Waals surface area contributed by atoms with Crippen molar-refractivity contribution >= 4 is 17.8 Å². The van der Waals surface area contributed by atoms with Crippen LogP contribution in [0, 0.1) is 0 Å². The summed E-state index contributed by atoms with van der Waals surface area (Å²) < 4.78 is 15.3. The topological polar surface area (TPSA) is 103 Å². The minimum atomic E-state index is -0.523. The summed E-state index contributed by atoms with van der Waals surface area (Å²) in [5.41, 5.74) is 5.90. The van der Waals surface area contributed by atoms with Crippen LogP contribution in [0.2, 0.25) is 0 Å². The van der Waals surface area contributed by atoms with E-state index in [4.69, 9.17) is 14.2 Å². The molecule has 0 atom stereocenters. The molecule has 0 radical (unpaired) electrons. The average molecular weight is 400 g/mol. The minimum absolute atomic E-state index is 0.0765. The van der Waals surface area contributed by atoms with E-state index in [0.717, 1.165) is 5.56 Å². The molecule has 0 aromatic heterocycles. The monoisotopic (exact) mass is 400 g/mol. The van der Waals surface area contributed by atoms with Gasteiger partial charge in [0.1, 0.15) is 0 Å². The number of ether oxygens (including phenoxy) is 3. The zero-order chi connectivity index (χ0) is 21.1. The highest BCUT2D eigenvalue weighted by Gasteiger charge is 2.13. The van der Waals surface area contributed by atoms with Gasteiger partial charge in [0.05, 0.1) is 27.2 Å². The molecular weight excluding hydrogens is 376 g/mol. The molecular formula is C21H24N2O6. The molecule has 8 nitrogen and oxygen atoms in total. The van der Waals surface area contributed by atoms with Crippen LogP contribution in [0.1, 0.15) is 28.8 Å². The number of hydrogen-bond acceptors (Lipinski definition) is 6. The first-order valence-electron chi connectivity index (χ1n) is 9.04. The van der Waals surface area contributed by atoms with Gasteiger partial charge in [-0.3, -0.25) is 25.2 Å². The molecule has 0 bridgehead atoms. The number of hydrogen-bond donors (Lipinski definition) is 2. The molecule has 0 fully saturated rings. The standard InChI is InChI=1S/C21H24N2O6/c1-27-17-9-8-16(14-18(17)28-2)21(26)23-22-19(24)10-11-20(25)29-13-12-15-6-4-3-5-7-15/h3-9,14H,10-13H2,1-2H3,(H,22,24)(H,23,26). The lowest BCUT2D eigenvalue weighted by Crippen LogP contribution is -2.41. The summed E-state index contributed by atoms with van der Waals surface area (Å²) in [4.78, 5) is 35.7. The smallest absolute Gasteiger partial charge is 0.306 e. The fraction of sp³-hybridized carbons (Fsp3) is 0.286. The first kappa shape index (κ1) is 21.7. The number of benzene rings is 2. The lowest BCUT2D eigenvalue weighted by molar-refractivity contribution is -0.144. The molecule has 0 saturated carbocycles. The van der Waals surface area contributed by atoms with Gasteiger partial charge >= 0.3 is 5.97 Å². The van der Waals surface area contributed by atoms with E-state index in [1.807, 2.05) is 30.3 Å². The quantitative estimate of drug-likeness (QED) is 0.493. The maximum atomic E-state index is 12.1. The second kappa shape index (κ2) is 11.3. The molecule has 2 aromatic carbocycles. The number of methoxy groups -OCH3 is 2. The van der Waals surface area contributed by atoms with Crippen LogP contribution in [0.15, 0.2) is 48.5 Å². The first-order chi connectivity index (χ1) is 14.0. The molecule has 0 heterocycles. The molecule has 0 aliphatic carbocycles. The third-order valence-electron chi connectivity index (χ3n) is 4.01. The fourth-order valence-electron chi connectivity index (χ4n) is 2.45. The van der Waals surface area contributed by atoms with Crippen LogP contribution in [-0.4, -0.2) is 38.6 Å². The summed E-state index contributed by atoms with van der Waals surface area (Å²) in [6.45, 7) is 0.251. The predicted octanol–water partition coefficient (Wildman–Crippen LogP) is 2.03. The fourth-order valence-corrected chi connectivity index (χ4v) is 2.45. The molecule has 0 aliphatic rings. The number of amides is 2. The number of esters is 1. The number of nitrogens with one attached hydrogen (secondary N) is 2. The Morgan fingerprint density at radius 3 is 2.28 bits per heavy atom. The number of rotatable bonds is 9. The number of carbonyl (C=O) groups excluding carboxylic acids is 3. The summed E-state index contributed by atoms with van der Waals surface area (Å²) in [6.07, 6.45) is 0.434. The molecule has 2 aromatic rings. The van der Waals surface area contributed by atoms with E-state index >= 15 is 0 Å². The predicted molar refractivity (Wildman–Crippen MR) is 105 cm³/mol. The molecule has 0 unspecified atom stereocenters. The molecule has 2 N–H and O–H groups in total. The first-order valence-corrected chi connectivity index (χ1v) is 9.04. The van der Waals surface area contributed by atoms with Crippen molar-refractivity contribution in [1.82, 2.24) is 10.9 Å². The highest BCUT2D eigenvalue weighted by molar-refractivity contribution is 5.96. The summed E-state index contributed by atoms with van der Waals surface area (Å²) >= 11 is 0. The minimum Gasteiger partial charge on any atom is -0.493 e. The molecule has 154 valence electrons. The number of carbonyl (C=O) groups is 3. The zero-order valence-electron chi connectivity index (χ0n) is 16.4. The second-order valence-electron chi connectivity index (χ2n) is 6.03. The largest absolute Gasteiger partial charge is 0.493 e. The molecule has 2 rings (SSSR count). The Morgan fingerprint density at radius 2 is 1.59 bits per heavy atom. The maximum absolute atomic E-state index is 12.1. The van der Waals surface area contributed by atoms with E-state index in [-0.39, 0.29) is 25.0 Å². The van der Waals surface area contributed by atoms with E-state index in [1.165, 1.54) is 26.4 Å². The van der Waals surface area contributed by atoms with Gasteiger partial charge in [0.2, 0.25) is 5.91 Å². The molecule has 2 amide bonds. The Morgan fingerprint density at radius 1 is 0.862 bits per heavy atom. The van der Waals surface area contributed by atoms with Crippen LogP contribution in [0.4, 0.5) is 0 Å². The summed E-state index contributed by atoms with van der Waals surface area (Å²) in [7, 11) is 2.95. The average Bonchev–Trinajstić information content (AvgIpc) is 2.76. The SMILES string of the molecule is COc1ccc(C(=O)NNC(=O)CCC(=O)OCCc2ccccc2)cc1OC. The second-order valence-corrected chi connectivity index (χ2v) is 6.03. The van der Waals surface area contributed by atoms with E-state index in [0.29, 0.717) is 17.9 Å². The van der Waals surface area contributed by atoms with Crippen LogP contribution in [0.25, 0.3) is 0 Å². The van der Waals surface area contributed by atoms with Crippen molar-refractivity contribution in [2.45, 2.75) is 19.3 Å². The van der Waals surface area contributed by atoms with Gasteiger partial charge in [0, 0.05) is 18.4 Å². The normalized spacial score (nSPS) is 10.0. The van der Waals surface area contributed by atoms with Crippen molar-refractivity contribution in [3.63, 3.8) is 0 Å². The van der Waals surface area contributed by atoms with Crippen molar-refractivity contribution in [2.24, 2.45) is 0 Å². The van der Waals surface area contributed by atoms with Crippen molar-refractivity contribution in [3.05, 3.63) is 59.7 Å². The Hall–Kier alpha value is -3.55. The maximum Gasteiger partial charge on any atom is 0.306 e. The molecule has 0 spiro atoms. The Labute approximate surface area is 169 Å². The third kappa shape index (κ3) is 7.17. The van der Waals surface area contributed by atoms with E-state index in [2.05, 4.69) is 10.9 Å². The van der Waals surface area contributed by atoms with E-state index < -0.39 is 17.8 Å². The van der Waals surface area contributed by atoms with E-state index in [9.17, 15) is 14.4 Å². The lowest BCUT2D eigenvalue weighted by Gasteiger charge is -2.10. The number of hydrazine groups is 1. The van der Waals surface area contributed by atoms with E-state index in [1.54, 1.807) is 6.07 Å². The molecule has 29 heavy (non-hydrogen) atoms. The molecule has 0 aliphatic heterocycles. The van der Waals surface area contributed by atoms with Crippen molar-refractivity contribution < 1.29 is 28.6 Å². The Balaban J connectivity index is 1.68. The van der Waals surface area contributed by atoms with Crippen LogP contribution in [0.5, 0.6) is 11.5 Å². The van der Waals surface area contributed by atoms with Crippen molar-refractivity contribution in [2.75, 3.05) is 20.8 Å². The van der Waals surface area contributed by atoms with Gasteiger partial charge in [-0.15, -0.1) is 0 Å². The van der Waals surface area contributed by atoms with Crippen LogP contribution < -0.4 is 20.3 Å². The van der Waals surface area contributed by atoms with Crippen LogP contribution >= 0.6 is 0 Å². The highest BCUT2D eigenvalue weighted by Crippen LogP contribution is 2.27.